The van der Waals surface area contributed by atoms with Crippen LogP contribution in [0.2, 0.25) is 0 Å². The Morgan fingerprint density at radius 1 is 1.33 bits per heavy atom. The van der Waals surface area contributed by atoms with Crippen LogP contribution in [0.4, 0.5) is 13.2 Å². The predicted octanol–water partition coefficient (Wildman–Crippen LogP) is -7.23. The molecular weight excluding hydrogens is 264 g/mol. The molecule has 0 spiro atoms. The van der Waals surface area contributed by atoms with Crippen molar-refractivity contribution in [2.75, 3.05) is 13.0 Å². The summed E-state index contributed by atoms with van der Waals surface area (Å²) in [6.07, 6.45) is -3.07. The fraction of sp³-hybridized carbons (Fsp3) is 1.00. The number of hydrogen-bond acceptors (Lipinski definition) is 3. The molecule has 1 unspecified atom stereocenters. The predicted molar refractivity (Wildman–Crippen MR) is 36.4 cm³/mol. The van der Waals surface area contributed by atoms with Crippen molar-refractivity contribution in [3.8, 4) is 0 Å². The summed E-state index contributed by atoms with van der Waals surface area (Å²) in [6.45, 7) is -0.0889. The Bertz CT molecular complexity index is 190. The van der Waals surface area contributed by atoms with E-state index in [2.05, 4.69) is 0 Å². The van der Waals surface area contributed by atoms with Gasteiger partial charge >= 0.3 is 109 Å². The number of halogens is 3. The summed E-state index contributed by atoms with van der Waals surface area (Å²) < 4.78 is 38.5. The number of likely N-dealkylation sites (tertiary alicyclic amines) is 1. The van der Waals surface area contributed by atoms with Gasteiger partial charge in [-0.05, 0) is 12.8 Å². The summed E-state index contributed by atoms with van der Waals surface area (Å²) in [4.78, 5) is 0.339. The van der Waals surface area contributed by atoms with Gasteiger partial charge in [-0.2, -0.15) is 8.78 Å². The van der Waals surface area contributed by atoms with E-state index in [1.54, 1.807) is 0 Å². The van der Waals surface area contributed by atoms with Gasteiger partial charge in [0.2, 0.25) is 0 Å². The first-order chi connectivity index (χ1) is 5.94. The van der Waals surface area contributed by atoms with E-state index in [1.807, 2.05) is 0 Å². The van der Waals surface area contributed by atoms with Gasteiger partial charge in [-0.15, -0.1) is 0 Å². The van der Waals surface area contributed by atoms with Gasteiger partial charge in [0.05, 0.1) is 0 Å². The standard InChI is InChI=1S/C6H9BF3NO2.2K/c8-5-2-1-3-11(4-7(12)13)6(5,9)10;;/h5H,1-4H2;;/q-2;2*+1. The first kappa shape index (κ1) is 20.3. The number of hydrogen-bond donors (Lipinski definition) is 0. The molecule has 1 saturated heterocycles. The Hall–Kier alpha value is 3.01. The molecule has 15 heavy (non-hydrogen) atoms. The third-order valence-electron chi connectivity index (χ3n) is 2.05. The minimum absolute atomic E-state index is 0. The van der Waals surface area contributed by atoms with Crippen molar-refractivity contribution >= 4 is 7.12 Å². The summed E-state index contributed by atoms with van der Waals surface area (Å²) in [7, 11) is -2.35. The van der Waals surface area contributed by atoms with Crippen LogP contribution in [0.5, 0.6) is 0 Å². The summed E-state index contributed by atoms with van der Waals surface area (Å²) >= 11 is 0. The van der Waals surface area contributed by atoms with Crippen LogP contribution in [-0.4, -0.2) is 37.2 Å². The number of alkyl halides is 3. The minimum atomic E-state index is -3.65. The zero-order chi connectivity index (χ0) is 10.1. The van der Waals surface area contributed by atoms with Crippen LogP contribution in [-0.2, 0) is 0 Å². The van der Waals surface area contributed by atoms with Crippen LogP contribution in [0.1, 0.15) is 12.8 Å². The molecule has 1 aliphatic rings. The third-order valence-corrected chi connectivity index (χ3v) is 2.05. The maximum absolute atomic E-state index is 12.9. The molecule has 0 aliphatic carbocycles. The Morgan fingerprint density at radius 2 is 1.87 bits per heavy atom. The zero-order valence-corrected chi connectivity index (χ0v) is 15.1. The molecule has 1 atom stereocenters. The van der Waals surface area contributed by atoms with Crippen molar-refractivity contribution in [1.29, 1.82) is 0 Å². The summed E-state index contributed by atoms with van der Waals surface area (Å²) in [5.74, 6) is 0. The second-order valence-electron chi connectivity index (χ2n) is 3.07. The van der Waals surface area contributed by atoms with E-state index in [-0.39, 0.29) is 122 Å². The van der Waals surface area contributed by atoms with Crippen LogP contribution >= 0.6 is 0 Å². The van der Waals surface area contributed by atoms with Crippen molar-refractivity contribution in [3.05, 3.63) is 0 Å². The fourth-order valence-corrected chi connectivity index (χ4v) is 1.38. The molecule has 0 amide bonds. The maximum atomic E-state index is 12.9. The molecule has 0 radical (unpaired) electrons. The Kier molecular flexibility index (Phi) is 12.2. The van der Waals surface area contributed by atoms with E-state index in [0.29, 0.717) is 4.90 Å². The monoisotopic (exact) mass is 273 g/mol. The van der Waals surface area contributed by atoms with Crippen LogP contribution in [0.25, 0.3) is 0 Å². The van der Waals surface area contributed by atoms with Gasteiger partial charge in [0.25, 0.3) is 0 Å². The van der Waals surface area contributed by atoms with Crippen molar-refractivity contribution in [2.24, 2.45) is 0 Å². The fourth-order valence-electron chi connectivity index (χ4n) is 1.38. The van der Waals surface area contributed by atoms with Crippen molar-refractivity contribution in [3.63, 3.8) is 0 Å². The largest absolute Gasteiger partial charge is 1.00 e. The van der Waals surface area contributed by atoms with Gasteiger partial charge in [-0.1, -0.05) is 13.6 Å². The van der Waals surface area contributed by atoms with E-state index in [0.717, 1.165) is 0 Å². The topological polar surface area (TPSA) is 49.4 Å². The van der Waals surface area contributed by atoms with E-state index < -0.39 is 25.8 Å². The Morgan fingerprint density at radius 3 is 2.33 bits per heavy atom. The molecule has 76 valence electrons. The molecule has 1 heterocycles. The molecule has 1 fully saturated rings. The van der Waals surface area contributed by atoms with Gasteiger partial charge in [0.15, 0.2) is 6.17 Å². The summed E-state index contributed by atoms with van der Waals surface area (Å²) in [5, 5.41) is 20.3. The van der Waals surface area contributed by atoms with Crippen molar-refractivity contribution in [1.82, 2.24) is 4.90 Å². The van der Waals surface area contributed by atoms with Crippen LogP contribution in [0.3, 0.4) is 0 Å². The SMILES string of the molecule is [K+].[K+].[O-]B([O-])CN1CCCC(F)C1(F)F. The van der Waals surface area contributed by atoms with E-state index in [4.69, 9.17) is 0 Å². The Labute approximate surface area is 172 Å². The molecule has 0 saturated carbocycles. The van der Waals surface area contributed by atoms with Gasteiger partial charge < -0.3 is 10.0 Å². The smallest absolute Gasteiger partial charge is 0.892 e. The summed E-state index contributed by atoms with van der Waals surface area (Å²) in [5.41, 5.74) is 0. The first-order valence-electron chi connectivity index (χ1n) is 4.03. The van der Waals surface area contributed by atoms with Crippen LogP contribution in [0.15, 0.2) is 0 Å². The molecule has 9 heteroatoms. The Balaban J connectivity index is 0. The van der Waals surface area contributed by atoms with Gasteiger partial charge in [0, 0.05) is 6.54 Å². The molecule has 0 aromatic carbocycles. The van der Waals surface area contributed by atoms with Crippen molar-refractivity contribution in [2.45, 2.75) is 25.1 Å². The van der Waals surface area contributed by atoms with Gasteiger partial charge in [0.1, 0.15) is 0 Å². The average molecular weight is 273 g/mol. The number of rotatable bonds is 2. The maximum Gasteiger partial charge on any atom is 1.00 e. The second-order valence-corrected chi connectivity index (χ2v) is 3.07. The van der Waals surface area contributed by atoms with E-state index in [9.17, 15) is 23.2 Å². The van der Waals surface area contributed by atoms with Crippen LogP contribution in [0, 0.1) is 0 Å². The number of nitrogens with zero attached hydrogens (tertiary/aromatic N) is 1. The average Bonchev–Trinajstić information content (AvgIpc) is 1.99. The summed E-state index contributed by atoms with van der Waals surface area (Å²) in [6, 6.07) is -3.65. The van der Waals surface area contributed by atoms with Crippen LogP contribution < -0.4 is 113 Å². The third kappa shape index (κ3) is 6.13. The number of piperidine rings is 1. The minimum Gasteiger partial charge on any atom is -0.892 e. The molecule has 3 nitrogen and oxygen atoms in total. The molecule has 1 rings (SSSR count). The molecule has 0 aromatic heterocycles. The normalized spacial score (nSPS) is 25.0. The van der Waals surface area contributed by atoms with E-state index in [1.165, 1.54) is 0 Å². The molecular formula is C6H9BF3K2NO2. The van der Waals surface area contributed by atoms with E-state index >= 15 is 0 Å². The van der Waals surface area contributed by atoms with Gasteiger partial charge in [-0.3, -0.25) is 4.90 Å². The second kappa shape index (κ2) is 9.00. The van der Waals surface area contributed by atoms with Gasteiger partial charge in [-0.25, -0.2) is 4.39 Å². The molecule has 0 aromatic rings. The molecule has 1 aliphatic heterocycles. The molecule has 0 bridgehead atoms. The zero-order valence-electron chi connectivity index (χ0n) is 8.88. The molecule has 0 N–H and O–H groups in total. The first-order valence-corrected chi connectivity index (χ1v) is 4.03. The quantitative estimate of drug-likeness (QED) is 0.371. The van der Waals surface area contributed by atoms with Crippen molar-refractivity contribution < 1.29 is 126 Å².